The lowest BCUT2D eigenvalue weighted by molar-refractivity contribution is 0.104. The molecule has 0 bridgehead atoms. The fourth-order valence-electron chi connectivity index (χ4n) is 2.63. The molecule has 0 aromatic rings. The van der Waals surface area contributed by atoms with E-state index in [1.165, 1.54) is 32.4 Å². The molecule has 0 saturated carbocycles. The summed E-state index contributed by atoms with van der Waals surface area (Å²) in [6, 6.07) is 0. The maximum absolute atomic E-state index is 5.71. The summed E-state index contributed by atoms with van der Waals surface area (Å²) in [5.41, 5.74) is 0.507. The SMILES string of the molecule is CCCCN(CC)CC1(CNC(C)(C)C)CCOC1. The maximum atomic E-state index is 5.71. The highest BCUT2D eigenvalue weighted by Gasteiger charge is 2.36. The summed E-state index contributed by atoms with van der Waals surface area (Å²) in [5.74, 6) is 0. The molecule has 1 aliphatic rings. The van der Waals surface area contributed by atoms with Crippen LogP contribution in [0.3, 0.4) is 0 Å². The third kappa shape index (κ3) is 6.24. The monoisotopic (exact) mass is 270 g/mol. The van der Waals surface area contributed by atoms with E-state index in [9.17, 15) is 0 Å². The Balaban J connectivity index is 2.54. The minimum atomic E-state index is 0.191. The molecule has 0 spiro atoms. The number of rotatable bonds is 8. The van der Waals surface area contributed by atoms with Crippen molar-refractivity contribution < 1.29 is 4.74 Å². The lowest BCUT2D eigenvalue weighted by Gasteiger charge is -2.36. The van der Waals surface area contributed by atoms with Crippen molar-refractivity contribution in [3.05, 3.63) is 0 Å². The predicted molar refractivity (Wildman–Crippen MR) is 82.6 cm³/mol. The minimum Gasteiger partial charge on any atom is -0.381 e. The largest absolute Gasteiger partial charge is 0.381 e. The molecule has 1 N–H and O–H groups in total. The van der Waals surface area contributed by atoms with Gasteiger partial charge in [-0.05, 0) is 46.7 Å². The molecule has 1 aliphatic heterocycles. The van der Waals surface area contributed by atoms with Gasteiger partial charge in [0.2, 0.25) is 0 Å². The molecule has 1 fully saturated rings. The van der Waals surface area contributed by atoms with Crippen LogP contribution in [-0.2, 0) is 4.74 Å². The second-order valence-electron chi connectivity index (χ2n) is 7.13. The second kappa shape index (κ2) is 7.61. The van der Waals surface area contributed by atoms with Gasteiger partial charge in [0.15, 0.2) is 0 Å². The molecule has 19 heavy (non-hydrogen) atoms. The van der Waals surface area contributed by atoms with Crippen LogP contribution in [0, 0.1) is 5.41 Å². The fourth-order valence-corrected chi connectivity index (χ4v) is 2.63. The maximum Gasteiger partial charge on any atom is 0.0547 e. The molecule has 3 nitrogen and oxygen atoms in total. The van der Waals surface area contributed by atoms with E-state index >= 15 is 0 Å². The zero-order valence-electron chi connectivity index (χ0n) is 13.7. The van der Waals surface area contributed by atoms with Gasteiger partial charge in [0, 0.05) is 30.7 Å². The average molecular weight is 270 g/mol. The van der Waals surface area contributed by atoms with Crippen molar-refractivity contribution in [2.24, 2.45) is 5.41 Å². The van der Waals surface area contributed by atoms with E-state index in [0.717, 1.165) is 26.3 Å². The Labute approximate surface area is 120 Å². The Morgan fingerprint density at radius 2 is 2.00 bits per heavy atom. The van der Waals surface area contributed by atoms with Crippen LogP contribution in [0.2, 0.25) is 0 Å². The molecule has 1 saturated heterocycles. The third-order valence-electron chi connectivity index (χ3n) is 4.01. The highest BCUT2D eigenvalue weighted by molar-refractivity contribution is 4.90. The molecule has 1 atom stereocenters. The van der Waals surface area contributed by atoms with Gasteiger partial charge in [-0.2, -0.15) is 0 Å². The van der Waals surface area contributed by atoms with Crippen molar-refractivity contribution in [2.45, 2.75) is 59.4 Å². The highest BCUT2D eigenvalue weighted by atomic mass is 16.5. The summed E-state index contributed by atoms with van der Waals surface area (Å²) in [6.45, 7) is 17.7. The van der Waals surface area contributed by atoms with Gasteiger partial charge in [-0.15, -0.1) is 0 Å². The number of nitrogens with zero attached hydrogens (tertiary/aromatic N) is 1. The Kier molecular flexibility index (Phi) is 6.78. The van der Waals surface area contributed by atoms with E-state index in [4.69, 9.17) is 4.74 Å². The van der Waals surface area contributed by atoms with Gasteiger partial charge in [0.1, 0.15) is 0 Å². The zero-order valence-corrected chi connectivity index (χ0v) is 13.7. The van der Waals surface area contributed by atoms with Gasteiger partial charge in [0.25, 0.3) is 0 Å². The average Bonchev–Trinajstić information content (AvgIpc) is 2.80. The molecule has 0 aliphatic carbocycles. The Morgan fingerprint density at radius 1 is 1.26 bits per heavy atom. The van der Waals surface area contributed by atoms with Crippen molar-refractivity contribution in [2.75, 3.05) is 39.4 Å². The van der Waals surface area contributed by atoms with Crippen LogP contribution in [0.5, 0.6) is 0 Å². The van der Waals surface area contributed by atoms with Crippen LogP contribution >= 0.6 is 0 Å². The molecule has 0 aromatic heterocycles. The fraction of sp³-hybridized carbons (Fsp3) is 1.00. The van der Waals surface area contributed by atoms with Crippen LogP contribution in [0.25, 0.3) is 0 Å². The number of ether oxygens (including phenoxy) is 1. The molecule has 1 unspecified atom stereocenters. The first-order valence-electron chi connectivity index (χ1n) is 7.96. The number of unbranched alkanes of at least 4 members (excludes halogenated alkanes) is 1. The van der Waals surface area contributed by atoms with Gasteiger partial charge in [0.05, 0.1) is 6.61 Å². The van der Waals surface area contributed by atoms with Crippen LogP contribution in [-0.4, -0.2) is 49.8 Å². The van der Waals surface area contributed by atoms with Gasteiger partial charge in [-0.25, -0.2) is 0 Å². The van der Waals surface area contributed by atoms with E-state index in [1.54, 1.807) is 0 Å². The van der Waals surface area contributed by atoms with Crippen LogP contribution in [0.15, 0.2) is 0 Å². The van der Waals surface area contributed by atoms with Gasteiger partial charge in [-0.1, -0.05) is 20.3 Å². The zero-order chi connectivity index (χ0) is 14.4. The Morgan fingerprint density at radius 3 is 2.47 bits per heavy atom. The third-order valence-corrected chi connectivity index (χ3v) is 4.01. The first-order chi connectivity index (χ1) is 8.91. The quantitative estimate of drug-likeness (QED) is 0.734. The van der Waals surface area contributed by atoms with Gasteiger partial charge < -0.3 is 15.0 Å². The minimum absolute atomic E-state index is 0.191. The molecule has 1 heterocycles. The van der Waals surface area contributed by atoms with E-state index in [0.29, 0.717) is 5.41 Å². The highest BCUT2D eigenvalue weighted by Crippen LogP contribution is 2.30. The summed E-state index contributed by atoms with van der Waals surface area (Å²) in [5, 5.41) is 3.68. The summed E-state index contributed by atoms with van der Waals surface area (Å²) in [6.07, 6.45) is 3.77. The standard InChI is InChI=1S/C16H34N2O/c1-6-8-10-18(7-2)13-16(9-11-19-14-16)12-17-15(3,4)5/h17H,6-14H2,1-5H3. The normalized spacial score (nSPS) is 24.3. The number of hydrogen-bond donors (Lipinski definition) is 1. The van der Waals surface area contributed by atoms with Crippen molar-refractivity contribution in [1.82, 2.24) is 10.2 Å². The molecule has 0 amide bonds. The van der Waals surface area contributed by atoms with Crippen LogP contribution in [0.1, 0.15) is 53.9 Å². The topological polar surface area (TPSA) is 24.5 Å². The van der Waals surface area contributed by atoms with E-state index < -0.39 is 0 Å². The summed E-state index contributed by atoms with van der Waals surface area (Å²) in [7, 11) is 0. The van der Waals surface area contributed by atoms with Crippen molar-refractivity contribution in [3.8, 4) is 0 Å². The first kappa shape index (κ1) is 16.9. The molecule has 3 heteroatoms. The van der Waals surface area contributed by atoms with E-state index in [-0.39, 0.29) is 5.54 Å². The van der Waals surface area contributed by atoms with Gasteiger partial charge >= 0.3 is 0 Å². The molecular weight excluding hydrogens is 236 g/mol. The Hall–Kier alpha value is -0.120. The smallest absolute Gasteiger partial charge is 0.0547 e. The Bertz CT molecular complexity index is 242. The van der Waals surface area contributed by atoms with Gasteiger partial charge in [-0.3, -0.25) is 0 Å². The number of nitrogens with one attached hydrogen (secondary N) is 1. The number of hydrogen-bond acceptors (Lipinski definition) is 3. The lowest BCUT2D eigenvalue weighted by Crippen LogP contribution is -2.49. The van der Waals surface area contributed by atoms with Crippen LogP contribution < -0.4 is 5.32 Å². The van der Waals surface area contributed by atoms with Crippen molar-refractivity contribution in [1.29, 1.82) is 0 Å². The molecule has 114 valence electrons. The van der Waals surface area contributed by atoms with Crippen molar-refractivity contribution in [3.63, 3.8) is 0 Å². The molecule has 0 aromatic carbocycles. The summed E-state index contributed by atoms with van der Waals surface area (Å²) < 4.78 is 5.71. The molecule has 1 rings (SSSR count). The van der Waals surface area contributed by atoms with E-state index in [2.05, 4.69) is 44.8 Å². The summed E-state index contributed by atoms with van der Waals surface area (Å²) >= 11 is 0. The molecular formula is C16H34N2O. The molecule has 0 radical (unpaired) electrons. The predicted octanol–water partition coefficient (Wildman–Crippen LogP) is 2.90. The van der Waals surface area contributed by atoms with Crippen LogP contribution in [0.4, 0.5) is 0 Å². The first-order valence-corrected chi connectivity index (χ1v) is 7.96. The summed E-state index contributed by atoms with van der Waals surface area (Å²) in [4.78, 5) is 2.60. The van der Waals surface area contributed by atoms with E-state index in [1.807, 2.05) is 0 Å². The lowest BCUT2D eigenvalue weighted by atomic mass is 9.85. The second-order valence-corrected chi connectivity index (χ2v) is 7.13. The van der Waals surface area contributed by atoms with Crippen molar-refractivity contribution >= 4 is 0 Å².